The van der Waals surface area contributed by atoms with Gasteiger partial charge >= 0.3 is 0 Å². The van der Waals surface area contributed by atoms with E-state index in [4.69, 9.17) is 5.26 Å². The van der Waals surface area contributed by atoms with Gasteiger partial charge in [-0.3, -0.25) is 5.26 Å². The first-order chi connectivity index (χ1) is 3.77. The van der Waals surface area contributed by atoms with Crippen molar-refractivity contribution in [1.29, 1.82) is 0 Å². The van der Waals surface area contributed by atoms with E-state index in [0.29, 0.717) is 12.5 Å². The van der Waals surface area contributed by atoms with Gasteiger partial charge in [-0.1, -0.05) is 13.8 Å². The zero-order valence-corrected chi connectivity index (χ0v) is 5.55. The normalized spacial score (nSPS) is 10.5. The molecule has 0 aromatic carbocycles. The zero-order chi connectivity index (χ0) is 6.41. The van der Waals surface area contributed by atoms with E-state index in [-0.39, 0.29) is 0 Å². The number of rotatable bonds is 4. The lowest BCUT2D eigenvalue weighted by Gasteiger charge is -2.00. The molecule has 8 heavy (non-hydrogen) atoms. The summed E-state index contributed by atoms with van der Waals surface area (Å²) in [6.07, 6.45) is 2.08. The van der Waals surface area contributed by atoms with Crippen LogP contribution in [0.3, 0.4) is 0 Å². The van der Waals surface area contributed by atoms with E-state index in [1.807, 2.05) is 0 Å². The van der Waals surface area contributed by atoms with Crippen LogP contribution in [0.15, 0.2) is 0 Å². The smallest absolute Gasteiger partial charge is 0.0819 e. The Balaban J connectivity index is 2.72. The Hall–Kier alpha value is -0.0800. The molecule has 0 saturated carbocycles. The van der Waals surface area contributed by atoms with Gasteiger partial charge in [-0.15, -0.1) is 0 Å². The Morgan fingerprint density at radius 1 is 1.50 bits per heavy atom. The molecule has 0 rings (SSSR count). The third-order valence-electron chi connectivity index (χ3n) is 1.02. The second-order valence-corrected chi connectivity index (χ2v) is 2.37. The molecular formula is C6H14O2. The van der Waals surface area contributed by atoms with E-state index in [1.54, 1.807) is 0 Å². The SMILES string of the molecule is CC(C)CCCOO. The Kier molecular flexibility index (Phi) is 5.01. The van der Waals surface area contributed by atoms with E-state index >= 15 is 0 Å². The van der Waals surface area contributed by atoms with Crippen LogP contribution in [0.25, 0.3) is 0 Å². The lowest BCUT2D eigenvalue weighted by Crippen LogP contribution is -1.92. The molecule has 0 fully saturated rings. The van der Waals surface area contributed by atoms with Crippen LogP contribution in [0.5, 0.6) is 0 Å². The minimum atomic E-state index is 0.470. The van der Waals surface area contributed by atoms with E-state index < -0.39 is 0 Å². The molecule has 0 saturated heterocycles. The Morgan fingerprint density at radius 2 is 2.12 bits per heavy atom. The van der Waals surface area contributed by atoms with Crippen LogP contribution in [0.2, 0.25) is 0 Å². The van der Waals surface area contributed by atoms with Gasteiger partial charge in [0.05, 0.1) is 6.61 Å². The monoisotopic (exact) mass is 118 g/mol. The fraction of sp³-hybridized carbons (Fsp3) is 1.00. The van der Waals surface area contributed by atoms with Gasteiger partial charge in [-0.05, 0) is 18.8 Å². The molecule has 2 heteroatoms. The van der Waals surface area contributed by atoms with Gasteiger partial charge in [0.2, 0.25) is 0 Å². The fourth-order valence-corrected chi connectivity index (χ4v) is 0.556. The Bertz CT molecular complexity index is 43.8. The summed E-state index contributed by atoms with van der Waals surface area (Å²) in [7, 11) is 0. The molecule has 1 N–H and O–H groups in total. The summed E-state index contributed by atoms with van der Waals surface area (Å²) in [4.78, 5) is 3.89. The van der Waals surface area contributed by atoms with Crippen molar-refractivity contribution < 1.29 is 10.1 Å². The Labute approximate surface area is 50.4 Å². The van der Waals surface area contributed by atoms with Crippen molar-refractivity contribution in [2.45, 2.75) is 26.7 Å². The highest BCUT2D eigenvalue weighted by molar-refractivity contribution is 4.42. The second kappa shape index (κ2) is 5.06. The highest BCUT2D eigenvalue weighted by atomic mass is 17.1. The fourth-order valence-electron chi connectivity index (χ4n) is 0.556. The minimum absolute atomic E-state index is 0.470. The van der Waals surface area contributed by atoms with Crippen molar-refractivity contribution in [2.75, 3.05) is 6.61 Å². The quantitative estimate of drug-likeness (QED) is 0.347. The van der Waals surface area contributed by atoms with Crippen molar-refractivity contribution >= 4 is 0 Å². The summed E-state index contributed by atoms with van der Waals surface area (Å²) in [6, 6.07) is 0. The van der Waals surface area contributed by atoms with Crippen molar-refractivity contribution in [3.63, 3.8) is 0 Å². The number of hydrogen-bond donors (Lipinski definition) is 1. The van der Waals surface area contributed by atoms with Crippen LogP contribution in [-0.4, -0.2) is 11.9 Å². The molecule has 0 radical (unpaired) electrons. The lowest BCUT2D eigenvalue weighted by atomic mass is 10.1. The van der Waals surface area contributed by atoms with Crippen molar-refractivity contribution in [1.82, 2.24) is 0 Å². The molecule has 0 aromatic rings. The van der Waals surface area contributed by atoms with Crippen LogP contribution < -0.4 is 0 Å². The second-order valence-electron chi connectivity index (χ2n) is 2.37. The minimum Gasteiger partial charge on any atom is -0.252 e. The molecule has 0 heterocycles. The van der Waals surface area contributed by atoms with Crippen LogP contribution in [-0.2, 0) is 4.89 Å². The van der Waals surface area contributed by atoms with E-state index in [0.717, 1.165) is 12.8 Å². The van der Waals surface area contributed by atoms with Crippen molar-refractivity contribution in [3.05, 3.63) is 0 Å². The summed E-state index contributed by atoms with van der Waals surface area (Å²) < 4.78 is 0. The highest BCUT2D eigenvalue weighted by Gasteiger charge is 1.91. The van der Waals surface area contributed by atoms with Gasteiger partial charge in [0.15, 0.2) is 0 Å². The molecule has 0 amide bonds. The third-order valence-corrected chi connectivity index (χ3v) is 1.02. The first-order valence-corrected chi connectivity index (χ1v) is 3.03. The molecule has 50 valence electrons. The van der Waals surface area contributed by atoms with E-state index in [1.165, 1.54) is 0 Å². The summed E-state index contributed by atoms with van der Waals surface area (Å²) >= 11 is 0. The average Bonchev–Trinajstić information content (AvgIpc) is 1.66. The summed E-state index contributed by atoms with van der Waals surface area (Å²) in [6.45, 7) is 4.77. The lowest BCUT2D eigenvalue weighted by molar-refractivity contribution is -0.243. The topological polar surface area (TPSA) is 29.5 Å². The highest BCUT2D eigenvalue weighted by Crippen LogP contribution is 2.01. The molecule has 0 aliphatic rings. The van der Waals surface area contributed by atoms with Crippen LogP contribution in [0, 0.1) is 5.92 Å². The van der Waals surface area contributed by atoms with E-state index in [9.17, 15) is 0 Å². The maximum atomic E-state index is 7.88. The molecule has 0 aliphatic carbocycles. The van der Waals surface area contributed by atoms with Gasteiger partial charge in [-0.2, -0.15) is 0 Å². The van der Waals surface area contributed by atoms with E-state index in [2.05, 4.69) is 18.7 Å². The summed E-state index contributed by atoms with van der Waals surface area (Å²) in [5.41, 5.74) is 0. The summed E-state index contributed by atoms with van der Waals surface area (Å²) in [5.74, 6) is 0.713. The zero-order valence-electron chi connectivity index (χ0n) is 5.55. The maximum absolute atomic E-state index is 7.88. The van der Waals surface area contributed by atoms with Gasteiger partial charge in [0.1, 0.15) is 0 Å². The summed E-state index contributed by atoms with van der Waals surface area (Å²) in [5, 5.41) is 7.88. The standard InChI is InChI=1S/C6H14O2/c1-6(2)4-3-5-8-7/h6-7H,3-5H2,1-2H3. The van der Waals surface area contributed by atoms with Crippen LogP contribution >= 0.6 is 0 Å². The predicted octanol–water partition coefficient (Wildman–Crippen LogP) is 1.91. The maximum Gasteiger partial charge on any atom is 0.0819 e. The first kappa shape index (κ1) is 7.92. The predicted molar refractivity (Wildman–Crippen MR) is 32.7 cm³/mol. The largest absolute Gasteiger partial charge is 0.252 e. The molecule has 2 nitrogen and oxygen atoms in total. The van der Waals surface area contributed by atoms with Crippen LogP contribution in [0.1, 0.15) is 26.7 Å². The van der Waals surface area contributed by atoms with Gasteiger partial charge in [0, 0.05) is 0 Å². The van der Waals surface area contributed by atoms with Gasteiger partial charge in [0.25, 0.3) is 0 Å². The molecular weight excluding hydrogens is 104 g/mol. The Morgan fingerprint density at radius 3 is 2.50 bits per heavy atom. The van der Waals surface area contributed by atoms with Crippen LogP contribution in [0.4, 0.5) is 0 Å². The molecule has 0 aromatic heterocycles. The average molecular weight is 118 g/mol. The molecule has 0 bridgehead atoms. The molecule has 0 aliphatic heterocycles. The van der Waals surface area contributed by atoms with Crippen molar-refractivity contribution in [2.24, 2.45) is 5.92 Å². The van der Waals surface area contributed by atoms with Crippen molar-refractivity contribution in [3.8, 4) is 0 Å². The third kappa shape index (κ3) is 5.92. The van der Waals surface area contributed by atoms with Gasteiger partial charge in [-0.25, -0.2) is 4.89 Å². The molecule has 0 atom stereocenters. The first-order valence-electron chi connectivity index (χ1n) is 3.03. The van der Waals surface area contributed by atoms with Gasteiger partial charge < -0.3 is 0 Å². The molecule has 0 unspecified atom stereocenters. The molecule has 0 spiro atoms. The number of hydrogen-bond acceptors (Lipinski definition) is 2.